The molecule has 0 aliphatic carbocycles. The summed E-state index contributed by atoms with van der Waals surface area (Å²) in [6.45, 7) is 3.92. The summed E-state index contributed by atoms with van der Waals surface area (Å²) < 4.78 is 16.1. The minimum atomic E-state index is -0.641. The summed E-state index contributed by atoms with van der Waals surface area (Å²) in [5.74, 6) is 0.519. The van der Waals surface area contributed by atoms with E-state index >= 15 is 0 Å². The lowest BCUT2D eigenvalue weighted by atomic mass is 10.2. The van der Waals surface area contributed by atoms with Gasteiger partial charge in [-0.1, -0.05) is 12.1 Å². The number of rotatable bonds is 7. The van der Waals surface area contributed by atoms with Gasteiger partial charge in [-0.2, -0.15) is 5.26 Å². The third kappa shape index (κ3) is 3.83. The Morgan fingerprint density at radius 1 is 1.29 bits per heavy atom. The number of hydrogen-bond acceptors (Lipinski definition) is 5. The molecule has 2 rings (SSSR count). The lowest BCUT2D eigenvalue weighted by Gasteiger charge is -2.08. The van der Waals surface area contributed by atoms with Gasteiger partial charge in [-0.3, -0.25) is 0 Å². The van der Waals surface area contributed by atoms with Crippen molar-refractivity contribution in [3.05, 3.63) is 40.2 Å². The molecule has 0 saturated carbocycles. The molecular formula is C16H17NO4. The SMILES string of the molecule is CCOCCCCOc1cccc2cc(C#N)c(=O)oc12. The molecule has 0 atom stereocenters. The van der Waals surface area contributed by atoms with Crippen LogP contribution in [-0.4, -0.2) is 19.8 Å². The molecule has 0 aliphatic rings. The average molecular weight is 287 g/mol. The van der Waals surface area contributed by atoms with Crippen molar-refractivity contribution in [1.29, 1.82) is 5.26 Å². The first-order chi connectivity index (χ1) is 10.3. The first-order valence-corrected chi connectivity index (χ1v) is 6.93. The van der Waals surface area contributed by atoms with Crippen molar-refractivity contribution >= 4 is 11.0 Å². The molecule has 2 aromatic rings. The van der Waals surface area contributed by atoms with Crippen LogP contribution < -0.4 is 10.4 Å². The van der Waals surface area contributed by atoms with E-state index in [1.807, 2.05) is 13.0 Å². The highest BCUT2D eigenvalue weighted by Crippen LogP contribution is 2.25. The molecule has 0 spiro atoms. The van der Waals surface area contributed by atoms with Gasteiger partial charge in [0.25, 0.3) is 0 Å². The summed E-state index contributed by atoms with van der Waals surface area (Å²) in [5, 5.41) is 9.52. The highest BCUT2D eigenvalue weighted by atomic mass is 16.5. The normalized spacial score (nSPS) is 10.5. The van der Waals surface area contributed by atoms with Crippen LogP contribution in [0.5, 0.6) is 5.75 Å². The zero-order valence-electron chi connectivity index (χ0n) is 11.9. The van der Waals surface area contributed by atoms with Crippen LogP contribution in [0.3, 0.4) is 0 Å². The summed E-state index contributed by atoms with van der Waals surface area (Å²) in [6, 6.07) is 8.67. The molecule has 5 nitrogen and oxygen atoms in total. The van der Waals surface area contributed by atoms with E-state index in [9.17, 15) is 4.79 Å². The van der Waals surface area contributed by atoms with Gasteiger partial charge in [0.15, 0.2) is 11.3 Å². The maximum atomic E-state index is 11.6. The van der Waals surface area contributed by atoms with Crippen molar-refractivity contribution in [1.82, 2.24) is 0 Å². The van der Waals surface area contributed by atoms with E-state index in [1.165, 1.54) is 6.07 Å². The number of fused-ring (bicyclic) bond motifs is 1. The molecule has 0 N–H and O–H groups in total. The fourth-order valence-electron chi connectivity index (χ4n) is 1.94. The molecule has 0 radical (unpaired) electrons. The van der Waals surface area contributed by atoms with Gasteiger partial charge in [-0.15, -0.1) is 0 Å². The Balaban J connectivity index is 2.08. The third-order valence-electron chi connectivity index (χ3n) is 2.99. The second kappa shape index (κ2) is 7.46. The average Bonchev–Trinajstić information content (AvgIpc) is 2.50. The molecule has 1 heterocycles. The van der Waals surface area contributed by atoms with Gasteiger partial charge in [0.2, 0.25) is 0 Å². The number of hydrogen-bond donors (Lipinski definition) is 0. The number of unbranched alkanes of at least 4 members (excludes halogenated alkanes) is 1. The summed E-state index contributed by atoms with van der Waals surface area (Å²) in [6.07, 6.45) is 1.78. The Morgan fingerprint density at radius 2 is 2.10 bits per heavy atom. The first kappa shape index (κ1) is 15.1. The van der Waals surface area contributed by atoms with Gasteiger partial charge >= 0.3 is 5.63 Å². The number of para-hydroxylation sites is 1. The van der Waals surface area contributed by atoms with Gasteiger partial charge in [-0.25, -0.2) is 4.79 Å². The smallest absolute Gasteiger partial charge is 0.354 e. The van der Waals surface area contributed by atoms with Crippen molar-refractivity contribution < 1.29 is 13.9 Å². The summed E-state index contributed by atoms with van der Waals surface area (Å²) in [4.78, 5) is 11.6. The molecule has 1 aromatic carbocycles. The van der Waals surface area contributed by atoms with Crippen molar-refractivity contribution in [3.8, 4) is 11.8 Å². The first-order valence-electron chi connectivity index (χ1n) is 6.93. The van der Waals surface area contributed by atoms with Crippen LogP contribution in [-0.2, 0) is 4.74 Å². The minimum absolute atomic E-state index is 0.00337. The Labute approximate surface area is 122 Å². The second-order valence-corrected chi connectivity index (χ2v) is 4.49. The number of benzene rings is 1. The lowest BCUT2D eigenvalue weighted by Crippen LogP contribution is -2.05. The van der Waals surface area contributed by atoms with E-state index in [0.29, 0.717) is 23.3 Å². The Bertz CT molecular complexity index is 699. The summed E-state index contributed by atoms with van der Waals surface area (Å²) >= 11 is 0. The van der Waals surface area contributed by atoms with Crippen LogP contribution in [0.25, 0.3) is 11.0 Å². The standard InChI is InChI=1S/C16H17NO4/c1-2-19-8-3-4-9-20-14-7-5-6-12-10-13(11-17)16(18)21-15(12)14/h5-7,10H,2-4,8-9H2,1H3. The van der Waals surface area contributed by atoms with Gasteiger partial charge in [0.1, 0.15) is 11.6 Å². The molecule has 0 unspecified atom stereocenters. The molecule has 0 amide bonds. The number of ether oxygens (including phenoxy) is 2. The van der Waals surface area contributed by atoms with Crippen molar-refractivity contribution in [2.45, 2.75) is 19.8 Å². The highest BCUT2D eigenvalue weighted by Gasteiger charge is 2.09. The molecule has 0 fully saturated rings. The van der Waals surface area contributed by atoms with Gasteiger partial charge in [0, 0.05) is 18.6 Å². The second-order valence-electron chi connectivity index (χ2n) is 4.49. The lowest BCUT2D eigenvalue weighted by molar-refractivity contribution is 0.139. The van der Waals surface area contributed by atoms with Crippen molar-refractivity contribution in [2.24, 2.45) is 0 Å². The zero-order valence-corrected chi connectivity index (χ0v) is 11.9. The molecular weight excluding hydrogens is 270 g/mol. The molecule has 110 valence electrons. The molecule has 1 aromatic heterocycles. The monoisotopic (exact) mass is 287 g/mol. The molecule has 0 saturated heterocycles. The van der Waals surface area contributed by atoms with E-state index < -0.39 is 5.63 Å². The van der Waals surface area contributed by atoms with Gasteiger partial charge < -0.3 is 13.9 Å². The van der Waals surface area contributed by atoms with Crippen LogP contribution in [0.15, 0.2) is 33.5 Å². The van der Waals surface area contributed by atoms with E-state index in [4.69, 9.17) is 19.2 Å². The van der Waals surface area contributed by atoms with Gasteiger partial charge in [0.05, 0.1) is 6.61 Å². The van der Waals surface area contributed by atoms with E-state index in [1.54, 1.807) is 18.2 Å². The number of nitrogens with zero attached hydrogens (tertiary/aromatic N) is 1. The molecule has 5 heteroatoms. The van der Waals surface area contributed by atoms with Crippen molar-refractivity contribution in [3.63, 3.8) is 0 Å². The maximum Gasteiger partial charge on any atom is 0.354 e. The van der Waals surface area contributed by atoms with Crippen LogP contribution in [0, 0.1) is 11.3 Å². The largest absolute Gasteiger partial charge is 0.490 e. The quantitative estimate of drug-likeness (QED) is 0.578. The molecule has 0 aliphatic heterocycles. The van der Waals surface area contributed by atoms with E-state index in [2.05, 4.69) is 0 Å². The Morgan fingerprint density at radius 3 is 2.86 bits per heavy atom. The maximum absolute atomic E-state index is 11.6. The predicted octanol–water partition coefficient (Wildman–Crippen LogP) is 2.86. The van der Waals surface area contributed by atoms with Gasteiger partial charge in [-0.05, 0) is 31.9 Å². The van der Waals surface area contributed by atoms with Crippen LogP contribution >= 0.6 is 0 Å². The Hall–Kier alpha value is -2.32. The highest BCUT2D eigenvalue weighted by molar-refractivity contribution is 5.83. The fourth-order valence-corrected chi connectivity index (χ4v) is 1.94. The van der Waals surface area contributed by atoms with Crippen LogP contribution in [0.1, 0.15) is 25.3 Å². The van der Waals surface area contributed by atoms with E-state index in [-0.39, 0.29) is 5.56 Å². The molecule has 0 bridgehead atoms. The minimum Gasteiger partial charge on any atom is -0.490 e. The third-order valence-corrected chi connectivity index (χ3v) is 2.99. The fraction of sp³-hybridized carbons (Fsp3) is 0.375. The summed E-state index contributed by atoms with van der Waals surface area (Å²) in [7, 11) is 0. The van der Waals surface area contributed by atoms with Crippen LogP contribution in [0.2, 0.25) is 0 Å². The summed E-state index contributed by atoms with van der Waals surface area (Å²) in [5.41, 5.74) is -0.264. The predicted molar refractivity (Wildman–Crippen MR) is 78.4 cm³/mol. The topological polar surface area (TPSA) is 72.5 Å². The zero-order chi connectivity index (χ0) is 15.1. The van der Waals surface area contributed by atoms with E-state index in [0.717, 1.165) is 26.1 Å². The number of nitriles is 1. The van der Waals surface area contributed by atoms with Crippen LogP contribution in [0.4, 0.5) is 0 Å². The van der Waals surface area contributed by atoms with Crippen molar-refractivity contribution in [2.75, 3.05) is 19.8 Å². The molecule has 21 heavy (non-hydrogen) atoms. The Kier molecular flexibility index (Phi) is 5.35.